The zero-order valence-corrected chi connectivity index (χ0v) is 12.4. The van der Waals surface area contributed by atoms with E-state index < -0.39 is 0 Å². The largest absolute Gasteiger partial charge is 0.397 e. The molecule has 0 atom stereocenters. The Balaban J connectivity index is 0.00000180. The van der Waals surface area contributed by atoms with Crippen LogP contribution in [-0.2, 0) is 11.2 Å². The average molecular weight is 284 g/mol. The third-order valence-corrected chi connectivity index (χ3v) is 3.43. The zero-order chi connectivity index (χ0) is 13.2. The highest BCUT2D eigenvalue weighted by Crippen LogP contribution is 2.28. The van der Waals surface area contributed by atoms with Crippen molar-refractivity contribution in [1.82, 2.24) is 9.88 Å². The highest BCUT2D eigenvalue weighted by Gasteiger charge is 2.28. The van der Waals surface area contributed by atoms with Crippen LogP contribution in [0.5, 0.6) is 0 Å². The molecule has 2 rings (SSSR count). The van der Waals surface area contributed by atoms with Crippen LogP contribution in [0.2, 0.25) is 0 Å². The van der Waals surface area contributed by atoms with Gasteiger partial charge in [0.2, 0.25) is 5.91 Å². The van der Waals surface area contributed by atoms with Gasteiger partial charge in [-0.3, -0.25) is 9.78 Å². The summed E-state index contributed by atoms with van der Waals surface area (Å²) in [6, 6.07) is 3.61. The van der Waals surface area contributed by atoms with Crippen molar-refractivity contribution in [2.45, 2.75) is 33.1 Å². The topological polar surface area (TPSA) is 59.2 Å². The number of amides is 1. The fraction of sp³-hybridized carbons (Fsp3) is 0.571. The number of hydrogen-bond donors (Lipinski definition) is 1. The number of likely N-dealkylation sites (tertiary alicyclic amines) is 1. The summed E-state index contributed by atoms with van der Waals surface area (Å²) < 4.78 is 0. The van der Waals surface area contributed by atoms with E-state index in [1.54, 1.807) is 12.3 Å². The van der Waals surface area contributed by atoms with Gasteiger partial charge in [-0.25, -0.2) is 0 Å². The molecule has 1 aliphatic heterocycles. The summed E-state index contributed by atoms with van der Waals surface area (Å²) in [5.41, 5.74) is 7.24. The van der Waals surface area contributed by atoms with Gasteiger partial charge >= 0.3 is 0 Å². The molecule has 1 fully saturated rings. The van der Waals surface area contributed by atoms with Crippen molar-refractivity contribution in [1.29, 1.82) is 0 Å². The summed E-state index contributed by atoms with van der Waals surface area (Å²) >= 11 is 0. The summed E-state index contributed by atoms with van der Waals surface area (Å²) in [6.07, 6.45) is 4.25. The molecule has 2 N–H and O–H groups in total. The third-order valence-electron chi connectivity index (χ3n) is 3.43. The number of nitrogens with zero attached hydrogens (tertiary/aromatic N) is 2. The van der Waals surface area contributed by atoms with E-state index in [0.717, 1.165) is 25.2 Å². The summed E-state index contributed by atoms with van der Waals surface area (Å²) in [7, 11) is 0. The van der Waals surface area contributed by atoms with Gasteiger partial charge in [-0.05, 0) is 30.4 Å². The van der Waals surface area contributed by atoms with Gasteiger partial charge in [0.1, 0.15) is 0 Å². The number of carbonyl (C=O) groups excluding carboxylic acids is 1. The molecule has 0 saturated carbocycles. The van der Waals surface area contributed by atoms with Crippen LogP contribution in [-0.4, -0.2) is 28.9 Å². The van der Waals surface area contributed by atoms with Crippen LogP contribution >= 0.6 is 12.4 Å². The smallest absolute Gasteiger partial charge is 0.228 e. The van der Waals surface area contributed by atoms with Gasteiger partial charge in [-0.1, -0.05) is 13.8 Å². The Labute approximate surface area is 120 Å². The first-order valence-electron chi connectivity index (χ1n) is 6.44. The Morgan fingerprint density at radius 1 is 1.47 bits per heavy atom. The third kappa shape index (κ3) is 4.39. The highest BCUT2D eigenvalue weighted by atomic mass is 35.5. The Bertz CT molecular complexity index is 431. The lowest BCUT2D eigenvalue weighted by Gasteiger charge is -2.38. The second kappa shape index (κ2) is 6.24. The fourth-order valence-corrected chi connectivity index (χ4v) is 2.44. The minimum absolute atomic E-state index is 0. The predicted octanol–water partition coefficient (Wildman–Crippen LogP) is 2.28. The molecule has 5 heteroatoms. The van der Waals surface area contributed by atoms with Crippen molar-refractivity contribution in [2.24, 2.45) is 5.41 Å². The van der Waals surface area contributed by atoms with Crippen molar-refractivity contribution >= 4 is 24.0 Å². The molecule has 1 aromatic heterocycles. The van der Waals surface area contributed by atoms with Crippen molar-refractivity contribution in [3.05, 3.63) is 24.0 Å². The number of nitrogen functional groups attached to an aromatic ring is 1. The maximum absolute atomic E-state index is 12.2. The lowest BCUT2D eigenvalue weighted by Crippen LogP contribution is -2.44. The molecule has 2 heterocycles. The first-order chi connectivity index (χ1) is 8.46. The Hall–Kier alpha value is -1.29. The minimum Gasteiger partial charge on any atom is -0.397 e. The number of anilines is 1. The molecule has 1 amide bonds. The summed E-state index contributed by atoms with van der Waals surface area (Å²) in [5, 5.41) is 0. The van der Waals surface area contributed by atoms with E-state index in [2.05, 4.69) is 18.8 Å². The van der Waals surface area contributed by atoms with E-state index in [4.69, 9.17) is 5.73 Å². The number of halogens is 1. The normalized spacial score (nSPS) is 17.7. The highest BCUT2D eigenvalue weighted by molar-refractivity contribution is 5.85. The fourth-order valence-electron chi connectivity index (χ4n) is 2.44. The van der Waals surface area contributed by atoms with E-state index in [-0.39, 0.29) is 23.7 Å². The Morgan fingerprint density at radius 2 is 2.21 bits per heavy atom. The average Bonchev–Trinajstić information content (AvgIpc) is 2.31. The molecular formula is C14H22ClN3O. The number of aromatic nitrogens is 1. The van der Waals surface area contributed by atoms with E-state index in [9.17, 15) is 4.79 Å². The molecule has 0 unspecified atom stereocenters. The molecular weight excluding hydrogens is 262 g/mol. The van der Waals surface area contributed by atoms with Crippen molar-refractivity contribution in [3.63, 3.8) is 0 Å². The molecule has 1 saturated heterocycles. The Kier molecular flexibility index (Phi) is 5.18. The molecule has 0 bridgehead atoms. The van der Waals surface area contributed by atoms with Crippen LogP contribution in [0, 0.1) is 5.41 Å². The van der Waals surface area contributed by atoms with E-state index in [1.807, 2.05) is 11.0 Å². The van der Waals surface area contributed by atoms with Gasteiger partial charge < -0.3 is 10.6 Å². The second-order valence-electron chi connectivity index (χ2n) is 5.84. The molecule has 0 spiro atoms. The summed E-state index contributed by atoms with van der Waals surface area (Å²) in [4.78, 5) is 18.3. The molecule has 4 nitrogen and oxygen atoms in total. The lowest BCUT2D eigenvalue weighted by atomic mass is 9.84. The molecule has 0 aliphatic carbocycles. The number of piperidine rings is 1. The maximum atomic E-state index is 12.2. The van der Waals surface area contributed by atoms with Gasteiger partial charge in [-0.2, -0.15) is 0 Å². The monoisotopic (exact) mass is 283 g/mol. The van der Waals surface area contributed by atoms with Crippen LogP contribution in [0.1, 0.15) is 32.4 Å². The number of carbonyl (C=O) groups is 1. The van der Waals surface area contributed by atoms with Crippen molar-refractivity contribution < 1.29 is 4.79 Å². The van der Waals surface area contributed by atoms with Gasteiger partial charge in [0, 0.05) is 18.8 Å². The first-order valence-corrected chi connectivity index (χ1v) is 6.44. The van der Waals surface area contributed by atoms with Crippen LogP contribution < -0.4 is 5.73 Å². The Morgan fingerprint density at radius 3 is 2.79 bits per heavy atom. The van der Waals surface area contributed by atoms with Crippen LogP contribution in [0.15, 0.2) is 18.3 Å². The molecule has 0 aromatic carbocycles. The maximum Gasteiger partial charge on any atom is 0.228 e. The number of nitrogens with two attached hydrogens (primary N) is 1. The molecule has 1 aromatic rings. The number of rotatable bonds is 2. The SMILES string of the molecule is CC1(C)CCCN(C(=O)Cc2ccc(N)cn2)C1.Cl. The summed E-state index contributed by atoms with van der Waals surface area (Å²) in [5.74, 6) is 0.167. The van der Waals surface area contributed by atoms with Crippen LogP contribution in [0.4, 0.5) is 5.69 Å². The minimum atomic E-state index is 0. The van der Waals surface area contributed by atoms with Gasteiger partial charge in [0.15, 0.2) is 0 Å². The number of hydrogen-bond acceptors (Lipinski definition) is 3. The molecule has 106 valence electrons. The van der Waals surface area contributed by atoms with Crippen LogP contribution in [0.25, 0.3) is 0 Å². The lowest BCUT2D eigenvalue weighted by molar-refractivity contribution is -0.133. The quantitative estimate of drug-likeness (QED) is 0.906. The van der Waals surface area contributed by atoms with Gasteiger partial charge in [-0.15, -0.1) is 12.4 Å². The molecule has 1 aliphatic rings. The van der Waals surface area contributed by atoms with E-state index in [1.165, 1.54) is 6.42 Å². The number of pyridine rings is 1. The van der Waals surface area contributed by atoms with Crippen molar-refractivity contribution in [2.75, 3.05) is 18.8 Å². The van der Waals surface area contributed by atoms with Crippen LogP contribution in [0.3, 0.4) is 0 Å². The van der Waals surface area contributed by atoms with Gasteiger partial charge in [0.25, 0.3) is 0 Å². The predicted molar refractivity (Wildman–Crippen MR) is 79.2 cm³/mol. The summed E-state index contributed by atoms with van der Waals surface area (Å²) in [6.45, 7) is 6.15. The second-order valence-corrected chi connectivity index (χ2v) is 5.84. The van der Waals surface area contributed by atoms with E-state index >= 15 is 0 Å². The van der Waals surface area contributed by atoms with E-state index in [0.29, 0.717) is 12.1 Å². The first kappa shape index (κ1) is 15.8. The molecule has 0 radical (unpaired) electrons. The van der Waals surface area contributed by atoms with Crippen molar-refractivity contribution in [3.8, 4) is 0 Å². The van der Waals surface area contributed by atoms with Gasteiger partial charge in [0.05, 0.1) is 18.3 Å². The standard InChI is InChI=1S/C14H21N3O.ClH/c1-14(2)6-3-7-17(10-14)13(18)8-12-5-4-11(15)9-16-12;/h4-5,9H,3,6-8,10,15H2,1-2H3;1H. The zero-order valence-electron chi connectivity index (χ0n) is 11.6. The molecule has 19 heavy (non-hydrogen) atoms.